The third-order valence-corrected chi connectivity index (χ3v) is 3.31. The maximum absolute atomic E-state index is 12.4. The summed E-state index contributed by atoms with van der Waals surface area (Å²) in [6, 6.07) is 13.9. The SMILES string of the molecule is Cn1c(=O)cc(C(=O)Nc2ccccn2)c2ccccc21. The Bertz CT molecular complexity index is 870. The maximum atomic E-state index is 12.4. The predicted molar refractivity (Wildman–Crippen MR) is 81.4 cm³/mol. The summed E-state index contributed by atoms with van der Waals surface area (Å²) >= 11 is 0. The van der Waals surface area contributed by atoms with E-state index in [2.05, 4.69) is 10.3 Å². The van der Waals surface area contributed by atoms with E-state index in [0.717, 1.165) is 10.9 Å². The molecule has 0 saturated heterocycles. The molecule has 0 atom stereocenters. The van der Waals surface area contributed by atoms with E-state index in [0.29, 0.717) is 11.4 Å². The highest BCUT2D eigenvalue weighted by atomic mass is 16.2. The van der Waals surface area contributed by atoms with Crippen LogP contribution in [0, 0.1) is 0 Å². The van der Waals surface area contributed by atoms with Gasteiger partial charge in [-0.25, -0.2) is 4.98 Å². The number of carbonyl (C=O) groups is 1. The second-order valence-corrected chi connectivity index (χ2v) is 4.64. The summed E-state index contributed by atoms with van der Waals surface area (Å²) < 4.78 is 1.52. The highest BCUT2D eigenvalue weighted by Crippen LogP contribution is 2.17. The third kappa shape index (κ3) is 2.41. The molecule has 2 heterocycles. The minimum Gasteiger partial charge on any atom is -0.311 e. The van der Waals surface area contributed by atoms with Gasteiger partial charge in [0.15, 0.2) is 0 Å². The highest BCUT2D eigenvalue weighted by molar-refractivity contribution is 6.12. The van der Waals surface area contributed by atoms with Gasteiger partial charge in [-0.05, 0) is 18.2 Å². The molecule has 0 spiro atoms. The first kappa shape index (κ1) is 13.1. The first-order chi connectivity index (χ1) is 10.2. The number of nitrogens with one attached hydrogen (secondary N) is 1. The molecule has 0 saturated carbocycles. The average molecular weight is 279 g/mol. The van der Waals surface area contributed by atoms with Crippen LogP contribution in [0.2, 0.25) is 0 Å². The summed E-state index contributed by atoms with van der Waals surface area (Å²) in [6.07, 6.45) is 1.59. The molecule has 0 fully saturated rings. The van der Waals surface area contributed by atoms with Crippen LogP contribution in [-0.4, -0.2) is 15.5 Å². The first-order valence-electron chi connectivity index (χ1n) is 6.48. The molecule has 3 rings (SSSR count). The summed E-state index contributed by atoms with van der Waals surface area (Å²) in [6.45, 7) is 0. The van der Waals surface area contributed by atoms with Gasteiger partial charge in [0.2, 0.25) is 0 Å². The Labute approximate surface area is 120 Å². The van der Waals surface area contributed by atoms with Gasteiger partial charge in [0.1, 0.15) is 5.82 Å². The van der Waals surface area contributed by atoms with Crippen LogP contribution in [0.25, 0.3) is 10.9 Å². The van der Waals surface area contributed by atoms with Crippen LogP contribution in [0.4, 0.5) is 5.82 Å². The second kappa shape index (κ2) is 5.20. The lowest BCUT2D eigenvalue weighted by Crippen LogP contribution is -2.21. The Morgan fingerprint density at radius 2 is 1.90 bits per heavy atom. The van der Waals surface area contributed by atoms with Crippen molar-refractivity contribution in [1.82, 2.24) is 9.55 Å². The minimum atomic E-state index is -0.345. The van der Waals surface area contributed by atoms with Gasteiger partial charge in [-0.15, -0.1) is 0 Å². The van der Waals surface area contributed by atoms with Gasteiger partial charge in [-0.2, -0.15) is 0 Å². The zero-order valence-electron chi connectivity index (χ0n) is 11.4. The van der Waals surface area contributed by atoms with Gasteiger partial charge in [-0.3, -0.25) is 9.59 Å². The Kier molecular flexibility index (Phi) is 3.23. The number of nitrogens with zero attached hydrogens (tertiary/aromatic N) is 2. The Morgan fingerprint density at radius 1 is 1.14 bits per heavy atom. The second-order valence-electron chi connectivity index (χ2n) is 4.64. The van der Waals surface area contributed by atoms with Crippen molar-refractivity contribution >= 4 is 22.6 Å². The molecule has 0 unspecified atom stereocenters. The Balaban J connectivity index is 2.10. The lowest BCUT2D eigenvalue weighted by molar-refractivity contribution is 0.102. The molecular weight excluding hydrogens is 266 g/mol. The normalized spacial score (nSPS) is 10.5. The van der Waals surface area contributed by atoms with E-state index in [1.54, 1.807) is 31.4 Å². The zero-order valence-corrected chi connectivity index (χ0v) is 11.4. The van der Waals surface area contributed by atoms with Gasteiger partial charge in [0.05, 0.1) is 11.1 Å². The van der Waals surface area contributed by atoms with Crippen LogP contribution in [0.5, 0.6) is 0 Å². The number of rotatable bonds is 2. The number of fused-ring (bicyclic) bond motifs is 1. The lowest BCUT2D eigenvalue weighted by atomic mass is 10.1. The third-order valence-electron chi connectivity index (χ3n) is 3.31. The topological polar surface area (TPSA) is 64.0 Å². The number of anilines is 1. The molecule has 5 nitrogen and oxygen atoms in total. The summed E-state index contributed by atoms with van der Waals surface area (Å²) in [7, 11) is 1.69. The highest BCUT2D eigenvalue weighted by Gasteiger charge is 2.13. The van der Waals surface area contributed by atoms with Crippen molar-refractivity contribution in [2.75, 3.05) is 5.32 Å². The summed E-state index contributed by atoms with van der Waals surface area (Å²) in [5.41, 5.74) is 0.843. The van der Waals surface area contributed by atoms with E-state index in [9.17, 15) is 9.59 Å². The van der Waals surface area contributed by atoms with Gasteiger partial charge in [0, 0.05) is 24.7 Å². The van der Waals surface area contributed by atoms with Crippen molar-refractivity contribution in [3.63, 3.8) is 0 Å². The zero-order chi connectivity index (χ0) is 14.8. The van der Waals surface area contributed by atoms with E-state index in [1.165, 1.54) is 10.6 Å². The Hall–Kier alpha value is -2.95. The molecule has 0 radical (unpaired) electrons. The number of aryl methyl sites for hydroxylation is 1. The number of aromatic nitrogens is 2. The van der Waals surface area contributed by atoms with Gasteiger partial charge >= 0.3 is 0 Å². The van der Waals surface area contributed by atoms with Crippen LogP contribution >= 0.6 is 0 Å². The van der Waals surface area contributed by atoms with Crippen molar-refractivity contribution in [3.8, 4) is 0 Å². The molecule has 0 aliphatic heterocycles. The Morgan fingerprint density at radius 3 is 2.67 bits per heavy atom. The average Bonchev–Trinajstić information content (AvgIpc) is 2.52. The quantitative estimate of drug-likeness (QED) is 0.782. The van der Waals surface area contributed by atoms with Crippen LogP contribution in [0.3, 0.4) is 0 Å². The number of hydrogen-bond donors (Lipinski definition) is 1. The summed E-state index contributed by atoms with van der Waals surface area (Å²) in [4.78, 5) is 28.4. The van der Waals surface area contributed by atoms with Gasteiger partial charge in [-0.1, -0.05) is 24.3 Å². The molecule has 3 aromatic rings. The van der Waals surface area contributed by atoms with E-state index >= 15 is 0 Å². The van der Waals surface area contributed by atoms with E-state index in [-0.39, 0.29) is 11.5 Å². The van der Waals surface area contributed by atoms with Crippen LogP contribution in [-0.2, 0) is 7.05 Å². The molecule has 1 aromatic carbocycles. The molecule has 104 valence electrons. The smallest absolute Gasteiger partial charge is 0.257 e. The molecule has 5 heteroatoms. The predicted octanol–water partition coefficient (Wildman–Crippen LogP) is 2.19. The number of pyridine rings is 2. The molecule has 1 amide bonds. The van der Waals surface area contributed by atoms with Crippen LogP contribution in [0.1, 0.15) is 10.4 Å². The molecule has 21 heavy (non-hydrogen) atoms. The summed E-state index contributed by atoms with van der Waals surface area (Å²) in [5.74, 6) is 0.106. The largest absolute Gasteiger partial charge is 0.311 e. The van der Waals surface area contributed by atoms with Gasteiger partial charge in [0.25, 0.3) is 11.5 Å². The minimum absolute atomic E-state index is 0.222. The number of hydrogen-bond acceptors (Lipinski definition) is 3. The molecule has 0 aliphatic carbocycles. The van der Waals surface area contributed by atoms with E-state index in [4.69, 9.17) is 0 Å². The molecule has 2 aromatic heterocycles. The molecule has 0 bridgehead atoms. The number of carbonyl (C=O) groups excluding carboxylic acids is 1. The first-order valence-corrected chi connectivity index (χ1v) is 6.48. The standard InChI is InChI=1S/C16H13N3O2/c1-19-13-7-3-2-6-11(13)12(10-15(19)20)16(21)18-14-8-4-5-9-17-14/h2-10H,1H3,(H,17,18,21). The molecular formula is C16H13N3O2. The number of para-hydroxylation sites is 1. The number of amides is 1. The molecule has 1 N–H and O–H groups in total. The fourth-order valence-corrected chi connectivity index (χ4v) is 2.22. The van der Waals surface area contributed by atoms with E-state index < -0.39 is 0 Å². The van der Waals surface area contributed by atoms with Crippen LogP contribution in [0.15, 0.2) is 59.5 Å². The van der Waals surface area contributed by atoms with Gasteiger partial charge < -0.3 is 9.88 Å². The maximum Gasteiger partial charge on any atom is 0.257 e. The number of benzene rings is 1. The van der Waals surface area contributed by atoms with E-state index in [1.807, 2.05) is 24.3 Å². The van der Waals surface area contributed by atoms with Crippen LogP contribution < -0.4 is 10.9 Å². The van der Waals surface area contributed by atoms with Crippen molar-refractivity contribution < 1.29 is 4.79 Å². The molecule has 0 aliphatic rings. The van der Waals surface area contributed by atoms with Crippen molar-refractivity contribution in [1.29, 1.82) is 0 Å². The van der Waals surface area contributed by atoms with Crippen molar-refractivity contribution in [2.24, 2.45) is 7.05 Å². The lowest BCUT2D eigenvalue weighted by Gasteiger charge is -2.10. The monoisotopic (exact) mass is 279 g/mol. The van der Waals surface area contributed by atoms with Crippen molar-refractivity contribution in [2.45, 2.75) is 0 Å². The fraction of sp³-hybridized carbons (Fsp3) is 0.0625. The van der Waals surface area contributed by atoms with Crippen molar-refractivity contribution in [3.05, 3.63) is 70.6 Å². The fourth-order valence-electron chi connectivity index (χ4n) is 2.22. The summed E-state index contributed by atoms with van der Waals surface area (Å²) in [5, 5.41) is 3.43.